The minimum Gasteiger partial charge on any atom is -0.454 e. The van der Waals surface area contributed by atoms with E-state index >= 15 is 0 Å². The zero-order valence-electron chi connectivity index (χ0n) is 43.2. The highest BCUT2D eigenvalue weighted by atomic mass is 16.3. The lowest BCUT2D eigenvalue weighted by Crippen LogP contribution is -2.17. The maximum atomic E-state index is 6.96. The van der Waals surface area contributed by atoms with Crippen molar-refractivity contribution in [1.29, 1.82) is 0 Å². The monoisotopic (exact) mass is 982 g/mol. The predicted molar refractivity (Wildman–Crippen MR) is 327 cm³/mol. The zero-order chi connectivity index (χ0) is 51.1. The van der Waals surface area contributed by atoms with Gasteiger partial charge in [-0.2, -0.15) is 0 Å². The molecule has 3 heteroatoms. The summed E-state index contributed by atoms with van der Waals surface area (Å²) in [4.78, 5) is 5.05. The third-order valence-corrected chi connectivity index (χ3v) is 18.0. The van der Waals surface area contributed by atoms with Gasteiger partial charge in [0.15, 0.2) is 5.58 Å². The molecule has 0 spiro atoms. The Morgan fingerprint density at radius 1 is 0.299 bits per heavy atom. The molecule has 0 unspecified atom stereocenters. The lowest BCUT2D eigenvalue weighted by atomic mass is 9.81. The van der Waals surface area contributed by atoms with Crippen molar-refractivity contribution in [2.75, 3.05) is 9.80 Å². The molecule has 2 aliphatic rings. The fourth-order valence-electron chi connectivity index (χ4n) is 14.4. The van der Waals surface area contributed by atoms with Crippen molar-refractivity contribution in [3.8, 4) is 11.1 Å². The molecule has 17 rings (SSSR count). The van der Waals surface area contributed by atoms with Gasteiger partial charge in [0.05, 0.1) is 22.7 Å². The van der Waals surface area contributed by atoms with E-state index in [4.69, 9.17) is 4.42 Å². The molecule has 0 atom stereocenters. The van der Waals surface area contributed by atoms with E-state index in [1.54, 1.807) is 0 Å². The van der Waals surface area contributed by atoms with Crippen LogP contribution in [0, 0.1) is 0 Å². The second-order valence-corrected chi connectivity index (χ2v) is 22.8. The average Bonchev–Trinajstić information content (AvgIpc) is 4.25. The van der Waals surface area contributed by atoms with E-state index < -0.39 is 0 Å². The number of anilines is 6. The predicted octanol–water partition coefficient (Wildman–Crippen LogP) is 21.0. The Labute approximate surface area is 445 Å². The van der Waals surface area contributed by atoms with Crippen molar-refractivity contribution in [3.63, 3.8) is 0 Å². The van der Waals surface area contributed by atoms with Crippen LogP contribution >= 0.6 is 0 Å². The normalized spacial score (nSPS) is 14.2. The van der Waals surface area contributed by atoms with Gasteiger partial charge in [0.2, 0.25) is 0 Å². The summed E-state index contributed by atoms with van der Waals surface area (Å²) in [5.41, 5.74) is 15.8. The van der Waals surface area contributed by atoms with E-state index in [2.05, 4.69) is 268 Å². The molecule has 0 saturated carbocycles. The number of furan rings is 1. The van der Waals surface area contributed by atoms with Gasteiger partial charge in [-0.25, -0.2) is 0 Å². The standard InChI is InChI=1S/C74H50N2O/c1-73(2)57-22-12-17-44-27-29-48-39-50(41-59(73)70(48)68(44)57)75(61-24-10-8-19-52(61)43-15-6-5-7-16-43)62-37-33-46-32-36-56-63(38-34-47-31-35-55(62)66(46)67(47)56)76(64-25-14-21-54-53-20-9-11-26-65(53)77-72(54)64)51-40-49-30-28-45-18-13-23-58-69(45)71(49)60(42-51)74(58,3)4/h5-42H,1-4H3. The first-order valence-corrected chi connectivity index (χ1v) is 27.1. The lowest BCUT2D eigenvalue weighted by molar-refractivity contribution is 0.662. The van der Waals surface area contributed by atoms with Gasteiger partial charge >= 0.3 is 0 Å². The average molecular weight is 983 g/mol. The summed E-state index contributed by atoms with van der Waals surface area (Å²) in [5.74, 6) is 0. The molecule has 362 valence electrons. The highest BCUT2D eigenvalue weighted by Crippen LogP contribution is 2.56. The highest BCUT2D eigenvalue weighted by molar-refractivity contribution is 6.29. The van der Waals surface area contributed by atoms with Crippen molar-refractivity contribution < 1.29 is 4.42 Å². The van der Waals surface area contributed by atoms with Crippen LogP contribution in [0.15, 0.2) is 235 Å². The molecule has 0 aliphatic heterocycles. The maximum Gasteiger partial charge on any atom is 0.159 e. The quantitative estimate of drug-likeness (QED) is 0.148. The molecular weight excluding hydrogens is 933 g/mol. The van der Waals surface area contributed by atoms with Crippen LogP contribution < -0.4 is 9.80 Å². The molecule has 0 amide bonds. The Kier molecular flexibility index (Phi) is 8.42. The fourth-order valence-corrected chi connectivity index (χ4v) is 14.4. The zero-order valence-corrected chi connectivity index (χ0v) is 43.2. The molecule has 77 heavy (non-hydrogen) atoms. The number of benzene rings is 14. The van der Waals surface area contributed by atoms with Crippen LogP contribution in [0.5, 0.6) is 0 Å². The van der Waals surface area contributed by atoms with Crippen LogP contribution in [0.25, 0.3) is 108 Å². The van der Waals surface area contributed by atoms with E-state index in [9.17, 15) is 0 Å². The van der Waals surface area contributed by atoms with Gasteiger partial charge in [-0.15, -0.1) is 0 Å². The first kappa shape index (κ1) is 42.9. The summed E-state index contributed by atoms with van der Waals surface area (Å²) in [5, 5.41) is 20.1. The summed E-state index contributed by atoms with van der Waals surface area (Å²) in [6.07, 6.45) is 0. The lowest BCUT2D eigenvalue weighted by Gasteiger charge is -2.32. The molecule has 14 aromatic carbocycles. The molecule has 0 saturated heterocycles. The van der Waals surface area contributed by atoms with Gasteiger partial charge in [0.25, 0.3) is 0 Å². The van der Waals surface area contributed by atoms with Crippen LogP contribution in [0.4, 0.5) is 34.1 Å². The Morgan fingerprint density at radius 2 is 0.753 bits per heavy atom. The molecule has 0 N–H and O–H groups in total. The third kappa shape index (κ3) is 5.70. The van der Waals surface area contributed by atoms with Crippen LogP contribution in [-0.4, -0.2) is 0 Å². The fraction of sp³-hybridized carbons (Fsp3) is 0.0811. The minimum atomic E-state index is -0.200. The summed E-state index contributed by atoms with van der Waals surface area (Å²) in [6.45, 7) is 9.59. The molecule has 0 radical (unpaired) electrons. The van der Waals surface area contributed by atoms with Crippen molar-refractivity contribution in [3.05, 3.63) is 253 Å². The smallest absolute Gasteiger partial charge is 0.159 e. The topological polar surface area (TPSA) is 19.6 Å². The SMILES string of the molecule is CC1(C)c2cccc3ccc4cc(N(c5ccccc5-c5ccccc5)c5ccc6ccc7c(N(c8cc9c%10c(ccc%11cccc(c%11%10)C9(C)C)c8)c8cccc9c8oc8ccccc89)ccc8ccc5c6c87)cc1c4c23. The number of rotatable bonds is 7. The largest absolute Gasteiger partial charge is 0.454 e. The number of hydrogen-bond donors (Lipinski definition) is 0. The molecule has 0 fully saturated rings. The second kappa shape index (κ2) is 15.1. The first-order valence-electron chi connectivity index (χ1n) is 27.1. The van der Waals surface area contributed by atoms with Crippen LogP contribution in [0.1, 0.15) is 49.9 Å². The van der Waals surface area contributed by atoms with E-state index in [-0.39, 0.29) is 10.8 Å². The number of para-hydroxylation sites is 3. The second-order valence-electron chi connectivity index (χ2n) is 22.8. The Balaban J connectivity index is 0.942. The van der Waals surface area contributed by atoms with Gasteiger partial charge < -0.3 is 14.2 Å². The summed E-state index contributed by atoms with van der Waals surface area (Å²) in [6, 6.07) is 86.5. The van der Waals surface area contributed by atoms with Gasteiger partial charge in [-0.1, -0.05) is 204 Å². The molecule has 1 heterocycles. The number of hydrogen-bond acceptors (Lipinski definition) is 3. The molecule has 1 aromatic heterocycles. The Bertz CT molecular complexity index is 5060. The van der Waals surface area contributed by atoms with Gasteiger partial charge in [-0.05, 0) is 147 Å². The molecule has 15 aromatic rings. The van der Waals surface area contributed by atoms with Gasteiger partial charge in [0, 0.05) is 49.3 Å². The molecule has 2 aliphatic carbocycles. The van der Waals surface area contributed by atoms with Crippen molar-refractivity contribution in [2.24, 2.45) is 0 Å². The van der Waals surface area contributed by atoms with E-state index in [1.165, 1.54) is 109 Å². The van der Waals surface area contributed by atoms with Crippen LogP contribution in [0.2, 0.25) is 0 Å². The number of fused-ring (bicyclic) bond motifs is 3. The molecule has 3 nitrogen and oxygen atoms in total. The summed E-state index contributed by atoms with van der Waals surface area (Å²) in [7, 11) is 0. The summed E-state index contributed by atoms with van der Waals surface area (Å²) < 4.78 is 6.96. The molecule has 0 bridgehead atoms. The van der Waals surface area contributed by atoms with E-state index in [0.29, 0.717) is 0 Å². The van der Waals surface area contributed by atoms with Crippen molar-refractivity contribution in [1.82, 2.24) is 0 Å². The Hall–Kier alpha value is -9.44. The van der Waals surface area contributed by atoms with Crippen molar-refractivity contribution in [2.45, 2.75) is 38.5 Å². The maximum absolute atomic E-state index is 6.96. The minimum absolute atomic E-state index is 0.185. The highest BCUT2D eigenvalue weighted by Gasteiger charge is 2.37. The Morgan fingerprint density at radius 3 is 1.38 bits per heavy atom. The van der Waals surface area contributed by atoms with Crippen LogP contribution in [0.3, 0.4) is 0 Å². The van der Waals surface area contributed by atoms with Gasteiger partial charge in [-0.3, -0.25) is 0 Å². The first-order chi connectivity index (χ1) is 37.7. The van der Waals surface area contributed by atoms with E-state index in [1.807, 2.05) is 0 Å². The van der Waals surface area contributed by atoms with E-state index in [0.717, 1.165) is 56.1 Å². The molecular formula is C74H50N2O. The van der Waals surface area contributed by atoms with Crippen LogP contribution in [-0.2, 0) is 10.8 Å². The summed E-state index contributed by atoms with van der Waals surface area (Å²) >= 11 is 0. The third-order valence-electron chi connectivity index (χ3n) is 18.0. The van der Waals surface area contributed by atoms with Crippen molar-refractivity contribution >= 4 is 131 Å². The van der Waals surface area contributed by atoms with Gasteiger partial charge in [0.1, 0.15) is 5.58 Å². The number of nitrogens with zero attached hydrogens (tertiary/aromatic N) is 2.